The fraction of sp³-hybridized carbons (Fsp3) is 0.115. The third kappa shape index (κ3) is 4.67. The van der Waals surface area contributed by atoms with Gasteiger partial charge in [-0.15, -0.1) is 11.8 Å². The minimum atomic E-state index is -0.126. The van der Waals surface area contributed by atoms with E-state index < -0.39 is 0 Å². The lowest BCUT2D eigenvalue weighted by Gasteiger charge is -2.25. The summed E-state index contributed by atoms with van der Waals surface area (Å²) in [7, 11) is 0. The van der Waals surface area contributed by atoms with Gasteiger partial charge in [-0.1, -0.05) is 54.1 Å². The monoisotopic (exact) mass is 601 g/mol. The highest BCUT2D eigenvalue weighted by Gasteiger charge is 2.34. The summed E-state index contributed by atoms with van der Waals surface area (Å²) in [6, 6.07) is 26.0. The third-order valence-electron chi connectivity index (χ3n) is 5.53. The molecule has 4 aromatic carbocycles. The lowest BCUT2D eigenvalue weighted by molar-refractivity contribution is -0.115. The summed E-state index contributed by atoms with van der Waals surface area (Å²) >= 11 is 15.0. The predicted octanol–water partition coefficient (Wildman–Crippen LogP) is 8.38. The SMILES string of the molecule is O=C1CS[C@H](c2cc(Br)c(OCc3cccc4ccccc34)c(Br)c2)N1c1ccc(Cl)cc1. The first-order valence-electron chi connectivity index (χ1n) is 10.3. The van der Waals surface area contributed by atoms with E-state index in [2.05, 4.69) is 56.1 Å². The van der Waals surface area contributed by atoms with Crippen LogP contribution in [0.2, 0.25) is 5.02 Å². The molecule has 1 fully saturated rings. The fourth-order valence-electron chi connectivity index (χ4n) is 3.98. The van der Waals surface area contributed by atoms with Gasteiger partial charge >= 0.3 is 0 Å². The molecule has 0 N–H and O–H groups in total. The van der Waals surface area contributed by atoms with Crippen molar-refractivity contribution in [1.82, 2.24) is 0 Å². The van der Waals surface area contributed by atoms with Gasteiger partial charge in [0.1, 0.15) is 17.7 Å². The highest BCUT2D eigenvalue weighted by Crippen LogP contribution is 2.45. The second kappa shape index (κ2) is 9.71. The van der Waals surface area contributed by atoms with Crippen LogP contribution >= 0.6 is 55.2 Å². The normalized spacial score (nSPS) is 15.9. The van der Waals surface area contributed by atoms with Crippen LogP contribution in [-0.2, 0) is 11.4 Å². The average molecular weight is 604 g/mol. The Bertz CT molecular complexity index is 1320. The number of hydrogen-bond acceptors (Lipinski definition) is 3. The summed E-state index contributed by atoms with van der Waals surface area (Å²) in [6.07, 6.45) is 0. The van der Waals surface area contributed by atoms with E-state index in [-0.39, 0.29) is 11.3 Å². The molecule has 1 atom stereocenters. The summed E-state index contributed by atoms with van der Waals surface area (Å²) < 4.78 is 7.90. The Kier molecular flexibility index (Phi) is 6.70. The smallest absolute Gasteiger partial charge is 0.238 e. The second-order valence-electron chi connectivity index (χ2n) is 7.64. The van der Waals surface area contributed by atoms with Crippen molar-refractivity contribution in [2.75, 3.05) is 10.7 Å². The topological polar surface area (TPSA) is 29.5 Å². The molecule has 0 aliphatic carbocycles. The Labute approximate surface area is 218 Å². The molecule has 0 aromatic heterocycles. The van der Waals surface area contributed by atoms with E-state index in [9.17, 15) is 4.79 Å². The van der Waals surface area contributed by atoms with Gasteiger partial charge in [0.15, 0.2) is 0 Å². The van der Waals surface area contributed by atoms with E-state index in [4.69, 9.17) is 16.3 Å². The van der Waals surface area contributed by atoms with Gasteiger partial charge < -0.3 is 4.74 Å². The molecule has 1 saturated heterocycles. The van der Waals surface area contributed by atoms with Crippen LogP contribution in [0.5, 0.6) is 5.75 Å². The maximum Gasteiger partial charge on any atom is 0.238 e. The van der Waals surface area contributed by atoms with E-state index in [0.717, 1.165) is 31.5 Å². The van der Waals surface area contributed by atoms with Crippen LogP contribution in [0, 0.1) is 0 Å². The molecule has 4 aromatic rings. The van der Waals surface area contributed by atoms with Crippen molar-refractivity contribution in [1.29, 1.82) is 0 Å². The van der Waals surface area contributed by atoms with Gasteiger partial charge in [-0.3, -0.25) is 9.69 Å². The van der Waals surface area contributed by atoms with Crippen LogP contribution in [0.15, 0.2) is 87.8 Å². The van der Waals surface area contributed by atoms with Gasteiger partial charge in [0.25, 0.3) is 0 Å². The van der Waals surface area contributed by atoms with E-state index in [0.29, 0.717) is 17.4 Å². The summed E-state index contributed by atoms with van der Waals surface area (Å²) in [4.78, 5) is 14.5. The molecule has 5 rings (SSSR count). The maximum absolute atomic E-state index is 12.7. The lowest BCUT2D eigenvalue weighted by atomic mass is 10.1. The molecular weight excluding hydrogens is 586 g/mol. The summed E-state index contributed by atoms with van der Waals surface area (Å²) in [5, 5.41) is 2.90. The molecule has 1 aliphatic heterocycles. The predicted molar refractivity (Wildman–Crippen MR) is 144 cm³/mol. The van der Waals surface area contributed by atoms with Gasteiger partial charge in [0.2, 0.25) is 5.91 Å². The van der Waals surface area contributed by atoms with Crippen LogP contribution in [0.1, 0.15) is 16.5 Å². The number of carbonyl (C=O) groups excluding carboxylic acids is 1. The van der Waals surface area contributed by atoms with Gasteiger partial charge in [-0.25, -0.2) is 0 Å². The summed E-state index contributed by atoms with van der Waals surface area (Å²) in [5.41, 5.74) is 2.97. The standard InChI is InChI=1S/C26H18Br2ClNO2S/c27-22-12-18(26-30(24(31)15-33-26)20-10-8-19(29)9-11-20)13-23(28)25(22)32-14-17-6-3-5-16-4-1-2-7-21(16)17/h1-13,26H,14-15H2/t26-/m1/s1. The zero-order chi connectivity index (χ0) is 22.9. The van der Waals surface area contributed by atoms with E-state index >= 15 is 0 Å². The number of fused-ring (bicyclic) bond motifs is 1. The highest BCUT2D eigenvalue weighted by molar-refractivity contribution is 9.11. The van der Waals surface area contributed by atoms with Crippen LogP contribution < -0.4 is 9.64 Å². The minimum absolute atomic E-state index is 0.0795. The van der Waals surface area contributed by atoms with Crippen molar-refractivity contribution < 1.29 is 9.53 Å². The third-order valence-corrected chi connectivity index (χ3v) is 8.17. The second-order valence-corrected chi connectivity index (χ2v) is 10.9. The number of anilines is 1. The Morgan fingerprint density at radius 2 is 1.67 bits per heavy atom. The van der Waals surface area contributed by atoms with Gasteiger partial charge in [0, 0.05) is 10.7 Å². The van der Waals surface area contributed by atoms with Crippen LogP contribution in [0.3, 0.4) is 0 Å². The summed E-state index contributed by atoms with van der Waals surface area (Å²) in [6.45, 7) is 0.450. The fourth-order valence-corrected chi connectivity index (χ4v) is 6.71. The zero-order valence-corrected chi connectivity index (χ0v) is 22.0. The summed E-state index contributed by atoms with van der Waals surface area (Å²) in [5.74, 6) is 1.25. The number of benzene rings is 4. The van der Waals surface area contributed by atoms with Crippen molar-refractivity contribution in [3.63, 3.8) is 0 Å². The first kappa shape index (κ1) is 22.8. The first-order valence-corrected chi connectivity index (χ1v) is 13.3. The maximum atomic E-state index is 12.7. The Hall–Kier alpha value is -1.99. The Balaban J connectivity index is 1.41. The molecular formula is C26H18Br2ClNO2S. The number of nitrogens with zero attached hydrogens (tertiary/aromatic N) is 1. The molecule has 166 valence electrons. The molecule has 0 saturated carbocycles. The number of amides is 1. The van der Waals surface area contributed by atoms with E-state index in [1.54, 1.807) is 23.9 Å². The van der Waals surface area contributed by atoms with Crippen molar-refractivity contribution in [3.05, 3.63) is 104 Å². The Morgan fingerprint density at radius 3 is 2.42 bits per heavy atom. The number of carbonyl (C=O) groups is 1. The molecule has 3 nitrogen and oxygen atoms in total. The largest absolute Gasteiger partial charge is 0.487 e. The number of halogens is 3. The first-order chi connectivity index (χ1) is 16.0. The number of thioether (sulfide) groups is 1. The van der Waals surface area contributed by atoms with Crippen molar-refractivity contribution in [3.8, 4) is 5.75 Å². The van der Waals surface area contributed by atoms with Crippen LogP contribution in [0.25, 0.3) is 10.8 Å². The van der Waals surface area contributed by atoms with Crippen LogP contribution in [0.4, 0.5) is 5.69 Å². The van der Waals surface area contributed by atoms with E-state index in [1.165, 1.54) is 10.8 Å². The molecule has 7 heteroatoms. The highest BCUT2D eigenvalue weighted by atomic mass is 79.9. The molecule has 33 heavy (non-hydrogen) atoms. The number of ether oxygens (including phenoxy) is 1. The molecule has 0 unspecified atom stereocenters. The van der Waals surface area contributed by atoms with Gasteiger partial charge in [-0.2, -0.15) is 0 Å². The minimum Gasteiger partial charge on any atom is -0.487 e. The van der Waals surface area contributed by atoms with Gasteiger partial charge in [0.05, 0.1) is 14.7 Å². The molecule has 0 radical (unpaired) electrons. The zero-order valence-electron chi connectivity index (χ0n) is 17.3. The van der Waals surface area contributed by atoms with Gasteiger partial charge in [-0.05, 0) is 90.2 Å². The molecule has 0 spiro atoms. The number of hydrogen-bond donors (Lipinski definition) is 0. The quantitative estimate of drug-likeness (QED) is 0.230. The molecule has 1 aliphatic rings. The van der Waals surface area contributed by atoms with Crippen molar-refractivity contribution >= 4 is 77.6 Å². The van der Waals surface area contributed by atoms with Crippen molar-refractivity contribution in [2.45, 2.75) is 12.0 Å². The molecule has 1 amide bonds. The number of rotatable bonds is 5. The van der Waals surface area contributed by atoms with Crippen molar-refractivity contribution in [2.24, 2.45) is 0 Å². The van der Waals surface area contributed by atoms with E-state index in [1.807, 2.05) is 47.4 Å². The molecule has 0 bridgehead atoms. The Morgan fingerprint density at radius 1 is 0.970 bits per heavy atom. The average Bonchev–Trinajstić information content (AvgIpc) is 3.20. The van der Waals surface area contributed by atoms with Crippen LogP contribution in [-0.4, -0.2) is 11.7 Å². The molecule has 1 heterocycles. The lowest BCUT2D eigenvalue weighted by Crippen LogP contribution is -2.27.